The molecule has 1 aromatic carbocycles. The Kier molecular flexibility index (Phi) is 3.50. The lowest BCUT2D eigenvalue weighted by molar-refractivity contribution is 0.164. The van der Waals surface area contributed by atoms with Crippen LogP contribution in [0.1, 0.15) is 24.5 Å². The summed E-state index contributed by atoms with van der Waals surface area (Å²) in [5.74, 6) is 1.74. The van der Waals surface area contributed by atoms with Crippen molar-refractivity contribution in [1.82, 2.24) is 4.90 Å². The molecule has 19 heavy (non-hydrogen) atoms. The fourth-order valence-electron chi connectivity index (χ4n) is 3.30. The molecular weight excluding hydrogens is 236 g/mol. The van der Waals surface area contributed by atoms with E-state index in [0.29, 0.717) is 18.1 Å². The Morgan fingerprint density at radius 3 is 3.05 bits per heavy atom. The number of aryl methyl sites for hydroxylation is 1. The highest BCUT2D eigenvalue weighted by molar-refractivity contribution is 5.40. The van der Waals surface area contributed by atoms with Gasteiger partial charge in [-0.3, -0.25) is 4.90 Å². The third-order valence-electron chi connectivity index (χ3n) is 4.47. The van der Waals surface area contributed by atoms with Crippen molar-refractivity contribution in [2.75, 3.05) is 19.6 Å². The second-order valence-electron chi connectivity index (χ2n) is 6.22. The van der Waals surface area contributed by atoms with Gasteiger partial charge in [-0.15, -0.1) is 0 Å². The summed E-state index contributed by atoms with van der Waals surface area (Å²) in [5, 5.41) is 0. The van der Waals surface area contributed by atoms with Crippen LogP contribution in [0.4, 0.5) is 0 Å². The summed E-state index contributed by atoms with van der Waals surface area (Å²) in [6.45, 7) is 7.60. The molecule has 2 aliphatic heterocycles. The minimum absolute atomic E-state index is 0.314. The normalized spacial score (nSPS) is 28.2. The van der Waals surface area contributed by atoms with E-state index in [2.05, 4.69) is 36.9 Å². The Bertz CT molecular complexity index is 458. The topological polar surface area (TPSA) is 38.5 Å². The summed E-state index contributed by atoms with van der Waals surface area (Å²) in [6.07, 6.45) is 2.61. The van der Waals surface area contributed by atoms with Crippen LogP contribution in [0.2, 0.25) is 0 Å². The van der Waals surface area contributed by atoms with Crippen molar-refractivity contribution in [3.05, 3.63) is 29.3 Å². The molecule has 0 amide bonds. The summed E-state index contributed by atoms with van der Waals surface area (Å²) in [7, 11) is 0. The largest absolute Gasteiger partial charge is 0.488 e. The van der Waals surface area contributed by atoms with Gasteiger partial charge in [-0.2, -0.15) is 0 Å². The van der Waals surface area contributed by atoms with Crippen LogP contribution >= 0.6 is 0 Å². The zero-order valence-corrected chi connectivity index (χ0v) is 11.9. The predicted molar refractivity (Wildman–Crippen MR) is 77.5 cm³/mol. The fourth-order valence-corrected chi connectivity index (χ4v) is 3.30. The van der Waals surface area contributed by atoms with Crippen LogP contribution < -0.4 is 10.5 Å². The molecule has 0 bridgehead atoms. The van der Waals surface area contributed by atoms with Crippen LogP contribution in [0, 0.1) is 12.8 Å². The molecule has 0 saturated carbocycles. The maximum Gasteiger partial charge on any atom is 0.123 e. The highest BCUT2D eigenvalue weighted by Crippen LogP contribution is 2.30. The van der Waals surface area contributed by atoms with Gasteiger partial charge in [-0.1, -0.05) is 17.7 Å². The third kappa shape index (κ3) is 2.77. The van der Waals surface area contributed by atoms with Crippen LogP contribution in [0.15, 0.2) is 18.2 Å². The van der Waals surface area contributed by atoms with Gasteiger partial charge in [-0.25, -0.2) is 0 Å². The molecular formula is C16H24N2O. The SMILES string of the molecule is Cc1ccc2c(c1)CC(CN1CCC(C(C)N)C1)O2. The lowest BCUT2D eigenvalue weighted by Gasteiger charge is -2.21. The number of nitrogens with zero attached hydrogens (tertiary/aromatic N) is 1. The summed E-state index contributed by atoms with van der Waals surface area (Å²) in [5.41, 5.74) is 8.68. The van der Waals surface area contributed by atoms with Gasteiger partial charge in [0.1, 0.15) is 11.9 Å². The molecule has 0 aliphatic carbocycles. The second kappa shape index (κ2) is 5.14. The fraction of sp³-hybridized carbons (Fsp3) is 0.625. The van der Waals surface area contributed by atoms with E-state index in [0.717, 1.165) is 25.3 Å². The molecule has 3 rings (SSSR count). The van der Waals surface area contributed by atoms with E-state index in [1.165, 1.54) is 24.1 Å². The van der Waals surface area contributed by atoms with Crippen molar-refractivity contribution >= 4 is 0 Å². The number of ether oxygens (including phenoxy) is 1. The lowest BCUT2D eigenvalue weighted by atomic mass is 10.0. The first-order chi connectivity index (χ1) is 9.11. The van der Waals surface area contributed by atoms with Crippen molar-refractivity contribution in [3.63, 3.8) is 0 Å². The quantitative estimate of drug-likeness (QED) is 0.903. The smallest absolute Gasteiger partial charge is 0.123 e. The zero-order chi connectivity index (χ0) is 13.4. The van der Waals surface area contributed by atoms with E-state index >= 15 is 0 Å². The molecule has 2 heterocycles. The van der Waals surface area contributed by atoms with Crippen molar-refractivity contribution in [2.24, 2.45) is 11.7 Å². The summed E-state index contributed by atoms with van der Waals surface area (Å²) < 4.78 is 6.05. The molecule has 3 heteroatoms. The van der Waals surface area contributed by atoms with Gasteiger partial charge in [0.2, 0.25) is 0 Å². The Balaban J connectivity index is 1.56. The monoisotopic (exact) mass is 260 g/mol. The van der Waals surface area contributed by atoms with E-state index in [1.807, 2.05) is 0 Å². The maximum absolute atomic E-state index is 6.05. The molecule has 0 aromatic heterocycles. The summed E-state index contributed by atoms with van der Waals surface area (Å²) in [6, 6.07) is 6.81. The highest BCUT2D eigenvalue weighted by Gasteiger charge is 2.30. The lowest BCUT2D eigenvalue weighted by Crippen LogP contribution is -2.35. The van der Waals surface area contributed by atoms with E-state index < -0.39 is 0 Å². The standard InChI is InChI=1S/C16H24N2O/c1-11-3-4-16-14(7-11)8-15(19-16)10-18-6-5-13(9-18)12(2)17/h3-4,7,12-13,15H,5-6,8-10,17H2,1-2H3. The van der Waals surface area contributed by atoms with E-state index in [9.17, 15) is 0 Å². The number of benzene rings is 1. The number of rotatable bonds is 3. The van der Waals surface area contributed by atoms with Gasteiger partial charge in [0.15, 0.2) is 0 Å². The number of hydrogen-bond acceptors (Lipinski definition) is 3. The summed E-state index contributed by atoms with van der Waals surface area (Å²) in [4.78, 5) is 2.51. The molecule has 1 fully saturated rings. The molecule has 2 N–H and O–H groups in total. The van der Waals surface area contributed by atoms with Crippen LogP contribution in [0.5, 0.6) is 5.75 Å². The average molecular weight is 260 g/mol. The first-order valence-corrected chi connectivity index (χ1v) is 7.36. The number of likely N-dealkylation sites (tertiary alicyclic amines) is 1. The van der Waals surface area contributed by atoms with Crippen molar-refractivity contribution < 1.29 is 4.74 Å². The van der Waals surface area contributed by atoms with Crippen molar-refractivity contribution in [3.8, 4) is 5.75 Å². The molecule has 104 valence electrons. The van der Waals surface area contributed by atoms with Gasteiger partial charge in [0.05, 0.1) is 0 Å². The van der Waals surface area contributed by atoms with Gasteiger partial charge < -0.3 is 10.5 Å². The third-order valence-corrected chi connectivity index (χ3v) is 4.47. The van der Waals surface area contributed by atoms with Gasteiger partial charge >= 0.3 is 0 Å². The molecule has 3 unspecified atom stereocenters. The van der Waals surface area contributed by atoms with Gasteiger partial charge in [-0.05, 0) is 44.4 Å². The number of hydrogen-bond donors (Lipinski definition) is 1. The van der Waals surface area contributed by atoms with Gasteiger partial charge in [0.25, 0.3) is 0 Å². The molecule has 1 saturated heterocycles. The highest BCUT2D eigenvalue weighted by atomic mass is 16.5. The van der Waals surface area contributed by atoms with E-state index in [1.54, 1.807) is 0 Å². The molecule has 0 radical (unpaired) electrons. The van der Waals surface area contributed by atoms with Crippen LogP contribution in [0.25, 0.3) is 0 Å². The van der Waals surface area contributed by atoms with Crippen LogP contribution in [-0.4, -0.2) is 36.7 Å². The van der Waals surface area contributed by atoms with Crippen LogP contribution in [-0.2, 0) is 6.42 Å². The van der Waals surface area contributed by atoms with E-state index in [4.69, 9.17) is 10.5 Å². The molecule has 3 atom stereocenters. The minimum atomic E-state index is 0.314. The van der Waals surface area contributed by atoms with Crippen molar-refractivity contribution in [1.29, 1.82) is 0 Å². The predicted octanol–water partition coefficient (Wildman–Crippen LogP) is 1.97. The van der Waals surface area contributed by atoms with Gasteiger partial charge in [0, 0.05) is 25.6 Å². The number of fused-ring (bicyclic) bond motifs is 1. The zero-order valence-electron chi connectivity index (χ0n) is 11.9. The van der Waals surface area contributed by atoms with Crippen molar-refractivity contribution in [2.45, 2.75) is 38.8 Å². The first kappa shape index (κ1) is 12.9. The molecule has 1 aromatic rings. The minimum Gasteiger partial charge on any atom is -0.488 e. The number of nitrogens with two attached hydrogens (primary N) is 1. The Morgan fingerprint density at radius 2 is 2.32 bits per heavy atom. The van der Waals surface area contributed by atoms with E-state index in [-0.39, 0.29) is 0 Å². The van der Waals surface area contributed by atoms with Crippen LogP contribution in [0.3, 0.4) is 0 Å². The maximum atomic E-state index is 6.05. The Labute approximate surface area is 115 Å². The Morgan fingerprint density at radius 1 is 1.47 bits per heavy atom. The second-order valence-corrected chi connectivity index (χ2v) is 6.22. The average Bonchev–Trinajstić information content (AvgIpc) is 2.95. The molecule has 0 spiro atoms. The molecule has 3 nitrogen and oxygen atoms in total. The first-order valence-electron chi connectivity index (χ1n) is 7.36. The Hall–Kier alpha value is -1.06. The summed E-state index contributed by atoms with van der Waals surface area (Å²) >= 11 is 0. The molecule has 2 aliphatic rings.